The van der Waals surface area contributed by atoms with Crippen LogP contribution in [0, 0.1) is 0 Å². The van der Waals surface area contributed by atoms with Gasteiger partial charge in [-0.2, -0.15) is 0 Å². The Morgan fingerprint density at radius 2 is 2.28 bits per heavy atom. The fraction of sp³-hybridized carbons (Fsp3) is 0.389. The second-order valence-electron chi connectivity index (χ2n) is 7.35. The Morgan fingerprint density at radius 1 is 1.38 bits per heavy atom. The molecule has 5 heterocycles. The molecular formula is C18H22ClN9O. The Kier molecular flexibility index (Phi) is 4.53. The number of nitrogen functional groups attached to an aromatic ring is 1. The molecule has 152 valence electrons. The van der Waals surface area contributed by atoms with E-state index < -0.39 is 0 Å². The molecular weight excluding hydrogens is 394 g/mol. The molecule has 2 aromatic rings. The number of hydrogen-bond donors (Lipinski definition) is 4. The molecule has 29 heavy (non-hydrogen) atoms. The Balaban J connectivity index is 1.40. The van der Waals surface area contributed by atoms with E-state index in [0.29, 0.717) is 34.7 Å². The normalized spacial score (nSPS) is 21.2. The van der Waals surface area contributed by atoms with Crippen LogP contribution in [0.1, 0.15) is 10.4 Å². The topological polar surface area (TPSA) is 116 Å². The molecule has 1 unspecified atom stereocenters. The van der Waals surface area contributed by atoms with E-state index in [0.717, 1.165) is 38.5 Å². The van der Waals surface area contributed by atoms with Gasteiger partial charge in [0.2, 0.25) is 0 Å². The number of nitrogens with two attached hydrogens (primary N) is 1. The van der Waals surface area contributed by atoms with Crippen molar-refractivity contribution in [1.29, 1.82) is 0 Å². The number of nitrogens with zero attached hydrogens (tertiary/aromatic N) is 5. The molecule has 5 N–H and O–H groups in total. The molecule has 3 aliphatic heterocycles. The van der Waals surface area contributed by atoms with E-state index >= 15 is 0 Å². The van der Waals surface area contributed by atoms with Crippen molar-refractivity contribution in [2.75, 3.05) is 60.7 Å². The Bertz CT molecular complexity index is 988. The van der Waals surface area contributed by atoms with Crippen molar-refractivity contribution in [3.05, 3.63) is 29.1 Å². The van der Waals surface area contributed by atoms with Crippen LogP contribution >= 0.6 is 11.6 Å². The number of halogens is 1. The van der Waals surface area contributed by atoms with Crippen LogP contribution in [0.3, 0.4) is 0 Å². The zero-order valence-electron chi connectivity index (χ0n) is 15.7. The van der Waals surface area contributed by atoms with Gasteiger partial charge in [0.15, 0.2) is 5.82 Å². The van der Waals surface area contributed by atoms with Crippen LogP contribution in [0.4, 0.5) is 23.0 Å². The molecule has 0 aromatic carbocycles. The van der Waals surface area contributed by atoms with Gasteiger partial charge in [-0.15, -0.1) is 5.10 Å². The summed E-state index contributed by atoms with van der Waals surface area (Å²) < 4.78 is 1.49. The highest BCUT2D eigenvalue weighted by atomic mass is 35.5. The molecule has 0 radical (unpaired) electrons. The van der Waals surface area contributed by atoms with E-state index in [9.17, 15) is 4.79 Å². The van der Waals surface area contributed by atoms with E-state index in [1.54, 1.807) is 18.6 Å². The van der Waals surface area contributed by atoms with Gasteiger partial charge in [-0.1, -0.05) is 11.6 Å². The third kappa shape index (κ3) is 3.28. The summed E-state index contributed by atoms with van der Waals surface area (Å²) in [6.07, 6.45) is 5.06. The summed E-state index contributed by atoms with van der Waals surface area (Å²) in [5, 5.41) is 14.2. The number of amides is 1. The largest absolute Gasteiger partial charge is 0.381 e. The fourth-order valence-corrected chi connectivity index (χ4v) is 4.28. The summed E-state index contributed by atoms with van der Waals surface area (Å²) in [5.41, 5.74) is 7.92. The molecule has 0 bridgehead atoms. The molecule has 5 rings (SSSR count). The molecule has 3 aliphatic rings. The third-order valence-corrected chi connectivity index (χ3v) is 5.77. The molecule has 2 aromatic heterocycles. The van der Waals surface area contributed by atoms with Crippen molar-refractivity contribution < 1.29 is 4.79 Å². The summed E-state index contributed by atoms with van der Waals surface area (Å²) >= 11 is 6.04. The van der Waals surface area contributed by atoms with Gasteiger partial charge in [-0.25, -0.2) is 4.68 Å². The first-order valence-electron chi connectivity index (χ1n) is 9.53. The van der Waals surface area contributed by atoms with Gasteiger partial charge in [0.1, 0.15) is 11.4 Å². The monoisotopic (exact) mass is 415 g/mol. The number of fused-ring (bicyclic) bond motifs is 2. The van der Waals surface area contributed by atoms with Crippen molar-refractivity contribution in [2.45, 2.75) is 6.04 Å². The number of pyridine rings is 1. The van der Waals surface area contributed by atoms with Crippen LogP contribution in [0.5, 0.6) is 0 Å². The lowest BCUT2D eigenvalue weighted by Gasteiger charge is -2.38. The van der Waals surface area contributed by atoms with Gasteiger partial charge in [0.05, 0.1) is 29.1 Å². The van der Waals surface area contributed by atoms with Crippen LogP contribution in [0.2, 0.25) is 0 Å². The van der Waals surface area contributed by atoms with Crippen LogP contribution < -0.4 is 26.6 Å². The highest BCUT2D eigenvalue weighted by Gasteiger charge is 2.32. The Morgan fingerprint density at radius 3 is 3.17 bits per heavy atom. The summed E-state index contributed by atoms with van der Waals surface area (Å²) in [7, 11) is 0. The average Bonchev–Trinajstić information content (AvgIpc) is 3.30. The third-order valence-electron chi connectivity index (χ3n) is 5.54. The van der Waals surface area contributed by atoms with Crippen molar-refractivity contribution in [1.82, 2.24) is 25.0 Å². The Hall–Kier alpha value is -2.82. The SMILES string of the molecule is Nc1nn2c(c1C(=O)Nc1cnccc1N1CCN3CNCC3C1)NCC(Cl)=C2. The first kappa shape index (κ1) is 18.2. The van der Waals surface area contributed by atoms with E-state index in [-0.39, 0.29) is 11.7 Å². The van der Waals surface area contributed by atoms with E-state index in [4.69, 9.17) is 17.3 Å². The highest BCUT2D eigenvalue weighted by Crippen LogP contribution is 2.31. The zero-order valence-corrected chi connectivity index (χ0v) is 16.5. The van der Waals surface area contributed by atoms with E-state index in [1.165, 1.54) is 4.68 Å². The predicted octanol–water partition coefficient (Wildman–Crippen LogP) is 0.627. The number of hydrogen-bond acceptors (Lipinski definition) is 8. The quantitative estimate of drug-likeness (QED) is 0.576. The fourth-order valence-electron chi connectivity index (χ4n) is 4.12. The average molecular weight is 416 g/mol. The van der Waals surface area contributed by atoms with Crippen molar-refractivity contribution in [3.63, 3.8) is 0 Å². The second-order valence-corrected chi connectivity index (χ2v) is 7.84. The highest BCUT2D eigenvalue weighted by molar-refractivity contribution is 6.31. The number of piperazine rings is 1. The minimum atomic E-state index is -0.335. The molecule has 0 spiro atoms. The van der Waals surface area contributed by atoms with Crippen LogP contribution in [0.15, 0.2) is 23.5 Å². The number of carbonyl (C=O) groups excluding carboxylic acids is 1. The number of nitrogens with one attached hydrogen (secondary N) is 3. The lowest BCUT2D eigenvalue weighted by molar-refractivity contribution is 0.102. The number of rotatable bonds is 3. The summed E-state index contributed by atoms with van der Waals surface area (Å²) in [6, 6.07) is 2.41. The molecule has 1 atom stereocenters. The second kappa shape index (κ2) is 7.21. The lowest BCUT2D eigenvalue weighted by Crippen LogP contribution is -2.51. The van der Waals surface area contributed by atoms with Crippen molar-refractivity contribution >= 4 is 46.7 Å². The number of carbonyl (C=O) groups is 1. The van der Waals surface area contributed by atoms with Crippen LogP contribution in [-0.4, -0.2) is 71.0 Å². The molecule has 10 nitrogen and oxygen atoms in total. The van der Waals surface area contributed by atoms with E-state index in [1.807, 2.05) is 6.07 Å². The zero-order chi connectivity index (χ0) is 20.0. The van der Waals surface area contributed by atoms with Gasteiger partial charge in [0, 0.05) is 51.3 Å². The van der Waals surface area contributed by atoms with Gasteiger partial charge in [-0.3, -0.25) is 14.7 Å². The minimum absolute atomic E-state index is 0.142. The minimum Gasteiger partial charge on any atom is -0.381 e. The maximum Gasteiger partial charge on any atom is 0.263 e. The predicted molar refractivity (Wildman–Crippen MR) is 113 cm³/mol. The first-order valence-corrected chi connectivity index (χ1v) is 9.91. The van der Waals surface area contributed by atoms with Gasteiger partial charge >= 0.3 is 0 Å². The molecule has 11 heteroatoms. The maximum atomic E-state index is 13.1. The van der Waals surface area contributed by atoms with Crippen molar-refractivity contribution in [2.24, 2.45) is 0 Å². The van der Waals surface area contributed by atoms with Gasteiger partial charge in [-0.05, 0) is 6.07 Å². The molecule has 0 saturated carbocycles. The maximum absolute atomic E-state index is 13.1. The number of aromatic nitrogens is 3. The summed E-state index contributed by atoms with van der Waals surface area (Å²) in [6.45, 7) is 5.11. The van der Waals surface area contributed by atoms with Crippen LogP contribution in [-0.2, 0) is 0 Å². The summed E-state index contributed by atoms with van der Waals surface area (Å²) in [5.74, 6) is 0.335. The van der Waals surface area contributed by atoms with Gasteiger partial charge in [0.25, 0.3) is 5.91 Å². The summed E-state index contributed by atoms with van der Waals surface area (Å²) in [4.78, 5) is 22.0. The molecule has 0 aliphatic carbocycles. The molecule has 1 amide bonds. The van der Waals surface area contributed by atoms with Crippen molar-refractivity contribution in [3.8, 4) is 0 Å². The molecule has 2 fully saturated rings. The lowest BCUT2D eigenvalue weighted by atomic mass is 10.1. The van der Waals surface area contributed by atoms with Crippen LogP contribution in [0.25, 0.3) is 6.20 Å². The first-order chi connectivity index (χ1) is 14.1. The standard InChI is InChI=1S/C18H22ClN9O/c19-11-5-23-17-15(16(20)25-28(17)8-11)18(29)24-13-7-21-2-1-14(13)26-3-4-27-10-22-6-12(27)9-26/h1-2,7-8,12,22-23H,3-6,9-10H2,(H2,20,25)(H,24,29). The van der Waals surface area contributed by atoms with E-state index in [2.05, 4.69) is 35.8 Å². The smallest absolute Gasteiger partial charge is 0.263 e. The van der Waals surface area contributed by atoms with Gasteiger partial charge < -0.3 is 26.6 Å². The number of anilines is 4. The molecule has 2 saturated heterocycles. The Labute approximate surface area is 172 Å².